The van der Waals surface area contributed by atoms with Gasteiger partial charge < -0.3 is 51.6 Å². The van der Waals surface area contributed by atoms with Gasteiger partial charge in [-0.2, -0.15) is 9.97 Å². The lowest BCUT2D eigenvalue weighted by Gasteiger charge is -2.16. The van der Waals surface area contributed by atoms with Gasteiger partial charge in [0.15, 0.2) is 12.5 Å². The molecule has 2 aliphatic rings. The van der Waals surface area contributed by atoms with E-state index in [4.69, 9.17) is 31.2 Å². The normalized spacial score (nSPS) is 32.9. The van der Waals surface area contributed by atoms with Gasteiger partial charge >= 0.3 is 11.4 Å². The Kier molecular flexibility index (Phi) is 7.95. The number of hydrogen-bond acceptors (Lipinski definition) is 14. The van der Waals surface area contributed by atoms with Gasteiger partial charge in [-0.15, -0.1) is 0 Å². The van der Waals surface area contributed by atoms with Crippen molar-refractivity contribution in [1.82, 2.24) is 19.1 Å². The number of aromatic nitrogens is 4. The van der Waals surface area contributed by atoms with Crippen molar-refractivity contribution in [3.05, 3.63) is 45.5 Å². The lowest BCUT2D eigenvalue weighted by molar-refractivity contribution is -0.0549. The van der Waals surface area contributed by atoms with Gasteiger partial charge in [-0.1, -0.05) is 0 Å². The minimum absolute atomic E-state index is 0.0537. The molecule has 2 fully saturated rings. The summed E-state index contributed by atoms with van der Waals surface area (Å²) in [7, 11) is 0. The molecule has 0 saturated carbocycles. The second-order valence-electron chi connectivity index (χ2n) is 7.54. The van der Waals surface area contributed by atoms with Crippen molar-refractivity contribution < 1.29 is 40.1 Å². The highest BCUT2D eigenvalue weighted by Gasteiger charge is 2.44. The highest BCUT2D eigenvalue weighted by atomic mass is 16.6. The first-order valence-electron chi connectivity index (χ1n) is 10.0. The molecule has 0 aliphatic carbocycles. The molecule has 188 valence electrons. The fourth-order valence-corrected chi connectivity index (χ4v) is 3.46. The molecule has 0 aromatic carbocycles. The van der Waals surface area contributed by atoms with E-state index < -0.39 is 73.7 Å². The van der Waals surface area contributed by atoms with E-state index in [9.17, 15) is 30.0 Å². The fraction of sp³-hybridized carbons (Fsp3) is 0.556. The van der Waals surface area contributed by atoms with Crippen molar-refractivity contribution >= 4 is 11.6 Å². The maximum atomic E-state index is 11.5. The lowest BCUT2D eigenvalue weighted by Crippen LogP contribution is -2.36. The van der Waals surface area contributed by atoms with Gasteiger partial charge in [-0.3, -0.25) is 9.13 Å². The number of nitrogens with zero attached hydrogens (tertiary/aromatic N) is 4. The summed E-state index contributed by atoms with van der Waals surface area (Å²) in [5, 5.41) is 56.3. The fourth-order valence-electron chi connectivity index (χ4n) is 3.46. The Bertz CT molecular complexity index is 1010. The van der Waals surface area contributed by atoms with Gasteiger partial charge in [0.2, 0.25) is 0 Å². The van der Waals surface area contributed by atoms with Crippen LogP contribution in [0.1, 0.15) is 12.5 Å². The summed E-state index contributed by atoms with van der Waals surface area (Å²) < 4.78 is 12.4. The van der Waals surface area contributed by atoms with Gasteiger partial charge in [-0.05, 0) is 12.1 Å². The average molecular weight is 492 g/mol. The molecule has 2 aromatic rings. The summed E-state index contributed by atoms with van der Waals surface area (Å²) in [5.74, 6) is 0.107. The third-order valence-electron chi connectivity index (χ3n) is 5.29. The zero-order chi connectivity index (χ0) is 25.2. The molecule has 16 heteroatoms. The first-order chi connectivity index (χ1) is 16.1. The van der Waals surface area contributed by atoms with E-state index in [2.05, 4.69) is 9.97 Å². The molecule has 0 amide bonds. The smallest absolute Gasteiger partial charge is 0.351 e. The van der Waals surface area contributed by atoms with Crippen LogP contribution in [0.5, 0.6) is 0 Å². The van der Waals surface area contributed by atoms with Crippen molar-refractivity contribution in [2.45, 2.75) is 49.1 Å². The number of aliphatic hydroxyl groups is 6. The summed E-state index contributed by atoms with van der Waals surface area (Å²) >= 11 is 0. The first kappa shape index (κ1) is 25.7. The quantitative estimate of drug-likeness (QED) is 0.198. The van der Waals surface area contributed by atoms with Crippen molar-refractivity contribution in [1.29, 1.82) is 0 Å². The number of rotatable bonds is 4. The van der Waals surface area contributed by atoms with Crippen molar-refractivity contribution in [3.8, 4) is 0 Å². The van der Waals surface area contributed by atoms with Crippen molar-refractivity contribution in [2.75, 3.05) is 24.7 Å². The minimum Gasteiger partial charge on any atom is -0.394 e. The SMILES string of the molecule is N[13c]1[13cH][13cH]n([C@@H]2O[C@H](CO)[C@@H](O)[C@@H]2O)c(=O)n1.N[13c]1[13cH][13cH]n([C@H]2O[C@@H](CO)[C@H](O)[C@H]2O)c(=O)n1. The molecule has 16 nitrogen and oxygen atoms in total. The lowest BCUT2D eigenvalue weighted by atomic mass is 10.1. The monoisotopic (exact) mass is 492 g/mol. The predicted octanol–water partition coefficient (Wildman–Crippen LogP) is -5.13. The third kappa shape index (κ3) is 5.08. The van der Waals surface area contributed by atoms with Gasteiger partial charge in [0.05, 0.1) is 13.2 Å². The molecule has 8 atom stereocenters. The number of nitrogen functional groups attached to an aromatic ring is 2. The van der Waals surface area contributed by atoms with Crippen LogP contribution in [0.15, 0.2) is 34.1 Å². The molecular formula is C18H26N6O10. The molecule has 34 heavy (non-hydrogen) atoms. The second kappa shape index (κ2) is 10.5. The zero-order valence-corrected chi connectivity index (χ0v) is 17.6. The summed E-state index contributed by atoms with van der Waals surface area (Å²) in [6, 6.07) is 2.74. The number of aliphatic hydroxyl groups excluding tert-OH is 6. The van der Waals surface area contributed by atoms with E-state index in [1.165, 1.54) is 24.5 Å². The standard InChI is InChI=1S/2C9H13N3O5/c2*10-5-1-2-12(9(16)11-5)8-7(15)6(14)4(3-13)17-8/h2*1-2,4,6-8,13-15H,3H2,(H2,10,11,16)/t2*4-,6-,7+,8-/m10/s1/i2*1+1,2+1,5+1. The van der Waals surface area contributed by atoms with Gasteiger partial charge in [0, 0.05) is 12.4 Å². The summed E-state index contributed by atoms with van der Waals surface area (Å²) in [6.07, 6.45) is -6.53. The van der Waals surface area contributed by atoms with Crippen LogP contribution in [0.4, 0.5) is 11.6 Å². The van der Waals surface area contributed by atoms with Crippen LogP contribution in [0.25, 0.3) is 0 Å². The Morgan fingerprint density at radius 2 is 1.09 bits per heavy atom. The Hall–Kier alpha value is -2.96. The third-order valence-corrected chi connectivity index (χ3v) is 5.29. The van der Waals surface area contributed by atoms with Crippen LogP contribution >= 0.6 is 0 Å². The molecule has 4 heterocycles. The average Bonchev–Trinajstić information content (AvgIpc) is 3.24. The van der Waals surface area contributed by atoms with Crippen LogP contribution < -0.4 is 22.8 Å². The molecule has 2 aliphatic heterocycles. The summed E-state index contributed by atoms with van der Waals surface area (Å²) in [5.41, 5.74) is 9.26. The minimum atomic E-state index is -1.31. The number of ether oxygens (including phenoxy) is 2. The van der Waals surface area contributed by atoms with E-state index in [1.807, 2.05) is 0 Å². The van der Waals surface area contributed by atoms with Crippen LogP contribution in [-0.2, 0) is 9.47 Å². The van der Waals surface area contributed by atoms with E-state index >= 15 is 0 Å². The Balaban J connectivity index is 0.000000191. The number of anilines is 2. The molecule has 4 rings (SSSR count). The maximum Gasteiger partial charge on any atom is 0.351 e. The van der Waals surface area contributed by atoms with E-state index in [0.717, 1.165) is 9.13 Å². The molecule has 0 bridgehead atoms. The molecule has 0 unspecified atom stereocenters. The second-order valence-corrected chi connectivity index (χ2v) is 7.54. The number of hydrogen-bond donors (Lipinski definition) is 8. The summed E-state index contributed by atoms with van der Waals surface area (Å²) in [6.45, 7) is -0.905. The molecule has 2 saturated heterocycles. The summed E-state index contributed by atoms with van der Waals surface area (Å²) in [4.78, 5) is 30.0. The number of nitrogens with two attached hydrogens (primary N) is 2. The largest absolute Gasteiger partial charge is 0.394 e. The van der Waals surface area contributed by atoms with Crippen molar-refractivity contribution in [2.24, 2.45) is 0 Å². The zero-order valence-electron chi connectivity index (χ0n) is 17.6. The van der Waals surface area contributed by atoms with Crippen LogP contribution in [0.3, 0.4) is 0 Å². The van der Waals surface area contributed by atoms with Gasteiger partial charge in [0.25, 0.3) is 0 Å². The maximum absolute atomic E-state index is 11.5. The Labute approximate surface area is 190 Å². The topological polar surface area (TPSA) is 262 Å². The highest BCUT2D eigenvalue weighted by Crippen LogP contribution is 2.28. The molecular weight excluding hydrogens is 466 g/mol. The first-order valence-corrected chi connectivity index (χ1v) is 10.0. The Morgan fingerprint density at radius 1 is 0.735 bits per heavy atom. The van der Waals surface area contributed by atoms with E-state index in [0.29, 0.717) is 0 Å². The molecule has 10 N–H and O–H groups in total. The van der Waals surface area contributed by atoms with Crippen LogP contribution in [0, 0.1) is 0 Å². The van der Waals surface area contributed by atoms with E-state index in [-0.39, 0.29) is 11.6 Å². The van der Waals surface area contributed by atoms with Crippen LogP contribution in [0.2, 0.25) is 0 Å². The highest BCUT2D eigenvalue weighted by molar-refractivity contribution is 5.24. The van der Waals surface area contributed by atoms with Crippen molar-refractivity contribution in [3.63, 3.8) is 0 Å². The van der Waals surface area contributed by atoms with Crippen LogP contribution in [-0.4, -0.2) is 99.6 Å². The van der Waals surface area contributed by atoms with Gasteiger partial charge in [-0.25, -0.2) is 9.59 Å². The molecule has 2 aromatic heterocycles. The van der Waals surface area contributed by atoms with E-state index in [1.54, 1.807) is 0 Å². The molecule has 0 radical (unpaired) electrons. The molecule has 0 spiro atoms. The Morgan fingerprint density at radius 3 is 1.35 bits per heavy atom. The predicted molar refractivity (Wildman–Crippen MR) is 112 cm³/mol. The van der Waals surface area contributed by atoms with Gasteiger partial charge in [0.1, 0.15) is 48.3 Å².